The minimum atomic E-state index is 0.0660. The minimum Gasteiger partial charge on any atom is -0.372 e. The third-order valence-electron chi connectivity index (χ3n) is 3.82. The molecule has 1 fully saturated rings. The zero-order chi connectivity index (χ0) is 12.1. The van der Waals surface area contributed by atoms with Crippen LogP contribution in [0.4, 0.5) is 0 Å². The second-order valence-corrected chi connectivity index (χ2v) is 5.04. The van der Waals surface area contributed by atoms with Gasteiger partial charge in [-0.3, -0.25) is 0 Å². The first-order chi connectivity index (χ1) is 8.31. The van der Waals surface area contributed by atoms with E-state index in [0.717, 1.165) is 12.5 Å². The van der Waals surface area contributed by atoms with Gasteiger partial charge in [-0.25, -0.2) is 0 Å². The maximum Gasteiger partial charge on any atom is 0.0949 e. The quantitative estimate of drug-likeness (QED) is 0.819. The molecule has 17 heavy (non-hydrogen) atoms. The molecule has 1 unspecified atom stereocenters. The number of aryl methyl sites for hydroxylation is 1. The summed E-state index contributed by atoms with van der Waals surface area (Å²) in [7, 11) is 0. The fraction of sp³-hybridized carbons (Fsp3) is 0.600. The highest BCUT2D eigenvalue weighted by molar-refractivity contribution is 5.27. The van der Waals surface area contributed by atoms with E-state index in [0.29, 0.717) is 6.54 Å². The molecule has 2 rings (SSSR count). The van der Waals surface area contributed by atoms with Crippen molar-refractivity contribution in [1.29, 1.82) is 0 Å². The van der Waals surface area contributed by atoms with Crippen LogP contribution < -0.4 is 5.73 Å². The summed E-state index contributed by atoms with van der Waals surface area (Å²) in [6.07, 6.45) is 5.45. The molecule has 2 heteroatoms. The molecule has 0 spiro atoms. The molecule has 94 valence electrons. The average molecular weight is 233 g/mol. The van der Waals surface area contributed by atoms with E-state index < -0.39 is 0 Å². The molecule has 1 aliphatic rings. The third kappa shape index (κ3) is 3.30. The number of benzene rings is 1. The summed E-state index contributed by atoms with van der Waals surface area (Å²) < 4.78 is 5.94. The monoisotopic (exact) mass is 233 g/mol. The summed E-state index contributed by atoms with van der Waals surface area (Å²) >= 11 is 0. The summed E-state index contributed by atoms with van der Waals surface area (Å²) in [4.78, 5) is 0. The van der Waals surface area contributed by atoms with Crippen molar-refractivity contribution in [2.24, 2.45) is 11.7 Å². The molecule has 1 aromatic carbocycles. The number of rotatable bonds is 6. The first kappa shape index (κ1) is 12.6. The smallest absolute Gasteiger partial charge is 0.0949 e. The average Bonchev–Trinajstić information content (AvgIpc) is 2.28. The second kappa shape index (κ2) is 6.18. The molecule has 0 radical (unpaired) electrons. The lowest BCUT2D eigenvalue weighted by Gasteiger charge is -2.26. The van der Waals surface area contributed by atoms with Gasteiger partial charge in [-0.15, -0.1) is 0 Å². The van der Waals surface area contributed by atoms with Gasteiger partial charge in [0.25, 0.3) is 0 Å². The number of hydrogen-bond acceptors (Lipinski definition) is 2. The van der Waals surface area contributed by atoms with Crippen molar-refractivity contribution in [3.63, 3.8) is 0 Å². The summed E-state index contributed by atoms with van der Waals surface area (Å²) in [6, 6.07) is 8.35. The lowest BCUT2D eigenvalue weighted by molar-refractivity contribution is 0.0420. The van der Waals surface area contributed by atoms with E-state index in [4.69, 9.17) is 10.5 Å². The Morgan fingerprint density at radius 2 is 2.12 bits per heavy atom. The Morgan fingerprint density at radius 3 is 2.71 bits per heavy atom. The lowest BCUT2D eigenvalue weighted by atomic mass is 9.83. The molecular formula is C15H23NO. The number of hydrogen-bond donors (Lipinski definition) is 1. The first-order valence-electron chi connectivity index (χ1n) is 6.68. The Kier molecular flexibility index (Phi) is 4.57. The van der Waals surface area contributed by atoms with Crippen molar-refractivity contribution in [2.45, 2.75) is 38.7 Å². The van der Waals surface area contributed by atoms with Gasteiger partial charge in [-0.05, 0) is 30.4 Å². The summed E-state index contributed by atoms with van der Waals surface area (Å²) in [5.41, 5.74) is 8.32. The highest BCUT2D eigenvalue weighted by atomic mass is 16.5. The molecular weight excluding hydrogens is 210 g/mol. The van der Waals surface area contributed by atoms with Crippen molar-refractivity contribution in [2.75, 3.05) is 13.2 Å². The van der Waals surface area contributed by atoms with E-state index in [9.17, 15) is 0 Å². The first-order valence-corrected chi connectivity index (χ1v) is 6.68. The van der Waals surface area contributed by atoms with Gasteiger partial charge in [0.15, 0.2) is 0 Å². The predicted octanol–water partition coefficient (Wildman–Crippen LogP) is 3.20. The van der Waals surface area contributed by atoms with Gasteiger partial charge < -0.3 is 10.5 Å². The summed E-state index contributed by atoms with van der Waals surface area (Å²) in [5, 5.41) is 0. The molecule has 1 saturated carbocycles. The van der Waals surface area contributed by atoms with Crippen molar-refractivity contribution >= 4 is 0 Å². The Hall–Kier alpha value is -0.860. The Balaban J connectivity index is 1.85. The number of nitrogens with two attached hydrogens (primary N) is 1. The standard InChI is InChI=1S/C15H23NO/c1-12-5-2-3-8-14(12)15(11-16)17-10-9-13-6-4-7-13/h2-3,5,8,13,15H,4,6-7,9-11,16H2,1H3. The molecule has 2 nitrogen and oxygen atoms in total. The molecule has 0 heterocycles. The third-order valence-corrected chi connectivity index (χ3v) is 3.82. The second-order valence-electron chi connectivity index (χ2n) is 5.04. The lowest BCUT2D eigenvalue weighted by Crippen LogP contribution is -2.20. The zero-order valence-corrected chi connectivity index (χ0v) is 10.7. The Morgan fingerprint density at radius 1 is 1.35 bits per heavy atom. The van der Waals surface area contributed by atoms with Crippen LogP contribution in [-0.2, 0) is 4.74 Å². The van der Waals surface area contributed by atoms with Crippen LogP contribution in [0.5, 0.6) is 0 Å². The summed E-state index contributed by atoms with van der Waals surface area (Å²) in [6.45, 7) is 3.53. The van der Waals surface area contributed by atoms with Crippen LogP contribution in [0.1, 0.15) is 42.9 Å². The minimum absolute atomic E-state index is 0.0660. The Labute approximate surface area is 104 Å². The van der Waals surface area contributed by atoms with E-state index in [2.05, 4.69) is 31.2 Å². The van der Waals surface area contributed by atoms with Gasteiger partial charge in [-0.1, -0.05) is 43.5 Å². The van der Waals surface area contributed by atoms with Crippen LogP contribution >= 0.6 is 0 Å². The zero-order valence-electron chi connectivity index (χ0n) is 10.7. The Bertz CT molecular complexity index is 347. The topological polar surface area (TPSA) is 35.2 Å². The predicted molar refractivity (Wildman–Crippen MR) is 70.9 cm³/mol. The van der Waals surface area contributed by atoms with Gasteiger partial charge in [0.2, 0.25) is 0 Å². The van der Waals surface area contributed by atoms with E-state index in [1.165, 1.54) is 36.8 Å². The van der Waals surface area contributed by atoms with E-state index >= 15 is 0 Å². The van der Waals surface area contributed by atoms with Crippen molar-refractivity contribution < 1.29 is 4.74 Å². The highest BCUT2D eigenvalue weighted by Crippen LogP contribution is 2.30. The normalized spacial score (nSPS) is 17.8. The highest BCUT2D eigenvalue weighted by Gasteiger charge is 2.18. The van der Waals surface area contributed by atoms with Crippen molar-refractivity contribution in [3.05, 3.63) is 35.4 Å². The van der Waals surface area contributed by atoms with E-state index in [1.807, 2.05) is 0 Å². The van der Waals surface area contributed by atoms with Crippen LogP contribution in [0.3, 0.4) is 0 Å². The van der Waals surface area contributed by atoms with Gasteiger partial charge in [-0.2, -0.15) is 0 Å². The van der Waals surface area contributed by atoms with Crippen molar-refractivity contribution in [3.8, 4) is 0 Å². The maximum atomic E-state index is 5.94. The fourth-order valence-corrected chi connectivity index (χ4v) is 2.39. The van der Waals surface area contributed by atoms with Gasteiger partial charge in [0.1, 0.15) is 0 Å². The van der Waals surface area contributed by atoms with Crippen LogP contribution in [0.2, 0.25) is 0 Å². The van der Waals surface area contributed by atoms with Crippen LogP contribution in [0.15, 0.2) is 24.3 Å². The van der Waals surface area contributed by atoms with Crippen LogP contribution in [0.25, 0.3) is 0 Å². The van der Waals surface area contributed by atoms with Crippen LogP contribution in [0, 0.1) is 12.8 Å². The molecule has 0 bridgehead atoms. The molecule has 1 aliphatic carbocycles. The van der Waals surface area contributed by atoms with Crippen molar-refractivity contribution in [1.82, 2.24) is 0 Å². The molecule has 1 aromatic rings. The summed E-state index contributed by atoms with van der Waals surface area (Å²) in [5.74, 6) is 0.908. The molecule has 0 aromatic heterocycles. The molecule has 0 amide bonds. The van der Waals surface area contributed by atoms with E-state index in [1.54, 1.807) is 0 Å². The van der Waals surface area contributed by atoms with Crippen LogP contribution in [-0.4, -0.2) is 13.2 Å². The number of ether oxygens (including phenoxy) is 1. The molecule has 0 aliphatic heterocycles. The largest absolute Gasteiger partial charge is 0.372 e. The SMILES string of the molecule is Cc1ccccc1C(CN)OCCC1CCC1. The van der Waals surface area contributed by atoms with Gasteiger partial charge in [0.05, 0.1) is 6.10 Å². The molecule has 2 N–H and O–H groups in total. The van der Waals surface area contributed by atoms with Gasteiger partial charge in [0, 0.05) is 13.2 Å². The fourth-order valence-electron chi connectivity index (χ4n) is 2.39. The molecule has 1 atom stereocenters. The molecule has 0 saturated heterocycles. The van der Waals surface area contributed by atoms with E-state index in [-0.39, 0.29) is 6.10 Å². The maximum absolute atomic E-state index is 5.94. The van der Waals surface area contributed by atoms with Gasteiger partial charge >= 0.3 is 0 Å².